The highest BCUT2D eigenvalue weighted by molar-refractivity contribution is 5.98. The van der Waals surface area contributed by atoms with Crippen molar-refractivity contribution < 1.29 is 4.79 Å². The number of carbonyl (C=O) groups is 1. The van der Waals surface area contributed by atoms with Gasteiger partial charge in [-0.15, -0.1) is 0 Å². The Hall–Kier alpha value is -4.65. The minimum absolute atomic E-state index is 0.0655. The largest absolute Gasteiger partial charge is 0.382 e. The highest BCUT2D eigenvalue weighted by Gasteiger charge is 2.22. The Morgan fingerprint density at radius 1 is 0.824 bits per heavy atom. The van der Waals surface area contributed by atoms with Crippen molar-refractivity contribution in [3.63, 3.8) is 0 Å². The van der Waals surface area contributed by atoms with Crippen molar-refractivity contribution in [2.75, 3.05) is 5.73 Å². The van der Waals surface area contributed by atoms with Crippen LogP contribution in [-0.2, 0) is 0 Å². The third kappa shape index (κ3) is 4.19. The second-order valence-corrected chi connectivity index (χ2v) is 7.88. The molecule has 0 saturated heterocycles. The number of pyridine rings is 2. The molecule has 3 aromatic heterocycles. The van der Waals surface area contributed by atoms with Gasteiger partial charge in [0.2, 0.25) is 0 Å². The summed E-state index contributed by atoms with van der Waals surface area (Å²) in [6, 6.07) is 24.6. The molecule has 7 heteroatoms. The van der Waals surface area contributed by atoms with Crippen LogP contribution in [0.4, 0.5) is 5.82 Å². The number of anilines is 1. The molecule has 2 aromatic carbocycles. The number of aromatic nitrogens is 4. The van der Waals surface area contributed by atoms with E-state index >= 15 is 0 Å². The van der Waals surface area contributed by atoms with E-state index in [1.54, 1.807) is 12.4 Å². The number of nitrogens with one attached hydrogen (secondary N) is 1. The van der Waals surface area contributed by atoms with Crippen LogP contribution in [0.15, 0.2) is 91.3 Å². The van der Waals surface area contributed by atoms with E-state index in [0.29, 0.717) is 11.4 Å². The van der Waals surface area contributed by atoms with Gasteiger partial charge in [0.25, 0.3) is 5.91 Å². The fourth-order valence-corrected chi connectivity index (χ4v) is 3.81. The molecule has 0 radical (unpaired) electrons. The number of hydrogen-bond donors (Lipinski definition) is 2. The number of nitrogens with zero attached hydrogens (tertiary/aromatic N) is 4. The minimum atomic E-state index is -0.411. The van der Waals surface area contributed by atoms with Crippen molar-refractivity contribution in [3.05, 3.63) is 103 Å². The van der Waals surface area contributed by atoms with Crippen LogP contribution in [0.2, 0.25) is 0 Å². The summed E-state index contributed by atoms with van der Waals surface area (Å²) < 4.78 is 0. The molecule has 0 bridgehead atoms. The lowest BCUT2D eigenvalue weighted by atomic mass is 10.0. The third-order valence-electron chi connectivity index (χ3n) is 5.54. The molecule has 166 valence electrons. The van der Waals surface area contributed by atoms with Crippen LogP contribution < -0.4 is 11.1 Å². The average Bonchev–Trinajstić information content (AvgIpc) is 2.89. The van der Waals surface area contributed by atoms with E-state index in [1.165, 1.54) is 0 Å². The van der Waals surface area contributed by atoms with E-state index in [4.69, 9.17) is 10.7 Å². The highest BCUT2D eigenvalue weighted by Crippen LogP contribution is 2.32. The summed E-state index contributed by atoms with van der Waals surface area (Å²) in [5, 5.41) is 3.89. The molecule has 0 saturated carbocycles. The molecule has 34 heavy (non-hydrogen) atoms. The first-order valence-corrected chi connectivity index (χ1v) is 10.9. The van der Waals surface area contributed by atoms with Crippen LogP contribution in [-0.4, -0.2) is 25.8 Å². The maximum atomic E-state index is 13.2. The molecule has 1 amide bonds. The van der Waals surface area contributed by atoms with Crippen molar-refractivity contribution in [2.24, 2.45) is 0 Å². The Morgan fingerprint density at radius 3 is 2.38 bits per heavy atom. The zero-order valence-corrected chi connectivity index (χ0v) is 18.5. The van der Waals surface area contributed by atoms with Gasteiger partial charge in [-0.1, -0.05) is 48.5 Å². The van der Waals surface area contributed by atoms with Crippen LogP contribution >= 0.6 is 0 Å². The molecule has 3 N–H and O–H groups in total. The zero-order chi connectivity index (χ0) is 23.5. The topological polar surface area (TPSA) is 107 Å². The molecular weight excluding hydrogens is 424 g/mol. The van der Waals surface area contributed by atoms with Gasteiger partial charge in [0.1, 0.15) is 0 Å². The third-order valence-corrected chi connectivity index (χ3v) is 5.54. The van der Waals surface area contributed by atoms with Gasteiger partial charge in [-0.2, -0.15) is 0 Å². The number of fused-ring (bicyclic) bond motifs is 1. The summed E-state index contributed by atoms with van der Waals surface area (Å²) in [6.45, 7) is 1.86. The van der Waals surface area contributed by atoms with Crippen LogP contribution in [0.3, 0.4) is 0 Å². The predicted molar refractivity (Wildman–Crippen MR) is 133 cm³/mol. The maximum absolute atomic E-state index is 13.2. The minimum Gasteiger partial charge on any atom is -0.382 e. The molecule has 5 aromatic rings. The van der Waals surface area contributed by atoms with Gasteiger partial charge in [0, 0.05) is 28.9 Å². The molecule has 7 nitrogen and oxygen atoms in total. The fourth-order valence-electron chi connectivity index (χ4n) is 3.81. The van der Waals surface area contributed by atoms with E-state index in [2.05, 4.69) is 20.3 Å². The quantitative estimate of drug-likeness (QED) is 0.401. The van der Waals surface area contributed by atoms with Crippen molar-refractivity contribution in [1.29, 1.82) is 0 Å². The van der Waals surface area contributed by atoms with Gasteiger partial charge in [-0.25, -0.2) is 9.97 Å². The van der Waals surface area contributed by atoms with Crippen LogP contribution in [0, 0.1) is 0 Å². The second-order valence-electron chi connectivity index (χ2n) is 7.88. The number of hydrogen-bond acceptors (Lipinski definition) is 6. The summed E-state index contributed by atoms with van der Waals surface area (Å²) in [5.74, 6) is -0.345. The average molecular weight is 447 g/mol. The molecule has 0 aliphatic rings. The van der Waals surface area contributed by atoms with Gasteiger partial charge in [-0.05, 0) is 37.3 Å². The maximum Gasteiger partial charge on any atom is 0.274 e. The monoisotopic (exact) mass is 446 g/mol. The Morgan fingerprint density at radius 2 is 1.59 bits per heavy atom. The van der Waals surface area contributed by atoms with Gasteiger partial charge in [-0.3, -0.25) is 14.8 Å². The Balaban J connectivity index is 1.60. The van der Waals surface area contributed by atoms with Crippen LogP contribution in [0.25, 0.3) is 33.4 Å². The molecule has 0 aliphatic heterocycles. The summed E-state index contributed by atoms with van der Waals surface area (Å²) in [4.78, 5) is 31.2. The number of rotatable bonds is 5. The van der Waals surface area contributed by atoms with E-state index in [1.807, 2.05) is 85.8 Å². The zero-order valence-electron chi connectivity index (χ0n) is 18.5. The fraction of sp³-hybridized carbons (Fsp3) is 0.0741. The number of amides is 1. The van der Waals surface area contributed by atoms with Gasteiger partial charge >= 0.3 is 0 Å². The lowest BCUT2D eigenvalue weighted by Crippen LogP contribution is -2.29. The van der Waals surface area contributed by atoms with Gasteiger partial charge in [0.05, 0.1) is 28.6 Å². The number of nitrogen functional groups attached to an aromatic ring is 1. The first-order valence-electron chi connectivity index (χ1n) is 10.9. The first-order chi connectivity index (χ1) is 16.6. The first kappa shape index (κ1) is 21.2. The van der Waals surface area contributed by atoms with Gasteiger partial charge < -0.3 is 11.1 Å². The predicted octanol–water partition coefficient (Wildman–Crippen LogP) is 4.83. The molecule has 0 unspecified atom stereocenters. The SMILES string of the molecule is C[C@H](NC(=O)c1nc(-c2ccc3ncccc3c2)c(-c2ccccc2)nc1N)c1ccccn1. The Bertz CT molecular complexity index is 1470. The van der Waals surface area contributed by atoms with E-state index in [-0.39, 0.29) is 17.6 Å². The standard InChI is InChI=1S/C27H22N6O/c1-17(21-11-5-6-14-29-21)31-27(34)25-26(28)33-23(18-8-3-2-4-9-18)24(32-25)20-12-13-22-19(16-20)10-7-15-30-22/h2-17H,1H3,(H2,28,33)(H,31,34)/t17-/m0/s1. The van der Waals surface area contributed by atoms with Crippen molar-refractivity contribution in [1.82, 2.24) is 25.3 Å². The molecular formula is C27H22N6O. The lowest BCUT2D eigenvalue weighted by Gasteiger charge is -2.16. The molecule has 0 fully saturated rings. The van der Waals surface area contributed by atoms with Crippen molar-refractivity contribution in [2.45, 2.75) is 13.0 Å². The number of carbonyl (C=O) groups excluding carboxylic acids is 1. The van der Waals surface area contributed by atoms with Crippen LogP contribution in [0.1, 0.15) is 29.1 Å². The summed E-state index contributed by atoms with van der Waals surface area (Å²) >= 11 is 0. The van der Waals surface area contributed by atoms with E-state index < -0.39 is 5.91 Å². The Labute approximate surface area is 196 Å². The molecule has 0 spiro atoms. The second kappa shape index (κ2) is 9.07. The van der Waals surface area contributed by atoms with Gasteiger partial charge in [0.15, 0.2) is 11.5 Å². The molecule has 1 atom stereocenters. The number of nitrogens with two attached hydrogens (primary N) is 1. The Kier molecular flexibility index (Phi) is 5.66. The van der Waals surface area contributed by atoms with E-state index in [9.17, 15) is 4.79 Å². The number of benzene rings is 2. The van der Waals surface area contributed by atoms with E-state index in [0.717, 1.165) is 27.7 Å². The molecule has 3 heterocycles. The highest BCUT2D eigenvalue weighted by atomic mass is 16.2. The summed E-state index contributed by atoms with van der Waals surface area (Å²) in [7, 11) is 0. The lowest BCUT2D eigenvalue weighted by molar-refractivity contribution is 0.0935. The smallest absolute Gasteiger partial charge is 0.274 e. The summed E-state index contributed by atoms with van der Waals surface area (Å²) in [5.41, 5.74) is 10.8. The molecule has 0 aliphatic carbocycles. The summed E-state index contributed by atoms with van der Waals surface area (Å²) in [6.07, 6.45) is 3.44. The van der Waals surface area contributed by atoms with Crippen molar-refractivity contribution >= 4 is 22.6 Å². The van der Waals surface area contributed by atoms with Crippen LogP contribution in [0.5, 0.6) is 0 Å². The molecule has 5 rings (SSSR count). The normalized spacial score (nSPS) is 11.8. The van der Waals surface area contributed by atoms with Crippen molar-refractivity contribution in [3.8, 4) is 22.5 Å².